The molecule has 0 fully saturated rings. The maximum absolute atomic E-state index is 12.3. The topological polar surface area (TPSA) is 44.7 Å². The fourth-order valence-corrected chi connectivity index (χ4v) is 2.13. The van der Waals surface area contributed by atoms with Gasteiger partial charge in [-0.15, -0.1) is 0 Å². The highest BCUT2D eigenvalue weighted by Crippen LogP contribution is 2.21. The highest BCUT2D eigenvalue weighted by Gasteiger charge is 2.35. The predicted molar refractivity (Wildman–Crippen MR) is 68.8 cm³/mol. The van der Waals surface area contributed by atoms with Crippen molar-refractivity contribution in [3.63, 3.8) is 0 Å². The van der Waals surface area contributed by atoms with E-state index in [1.807, 2.05) is 0 Å². The lowest BCUT2D eigenvalue weighted by Gasteiger charge is -2.25. The van der Waals surface area contributed by atoms with E-state index in [0.717, 1.165) is 0 Å². The Hall–Kier alpha value is -1.47. The molecular weight excluding hydrogens is 318 g/mol. The first-order valence-electron chi connectivity index (χ1n) is 5.41. The molecule has 0 spiro atoms. The molecule has 1 aromatic rings. The predicted octanol–water partition coefficient (Wildman–Crippen LogP) is 2.65. The zero-order valence-corrected chi connectivity index (χ0v) is 11.4. The molecule has 0 aliphatic carbocycles. The number of amidine groups is 1. The number of alkyl halides is 3. The number of hydrogen-bond acceptors (Lipinski definition) is 3. The summed E-state index contributed by atoms with van der Waals surface area (Å²) in [6.07, 6.45) is -4.52. The molecule has 1 amide bonds. The number of hydrogen-bond donors (Lipinski definition) is 1. The zero-order chi connectivity index (χ0) is 14.9. The van der Waals surface area contributed by atoms with Crippen LogP contribution in [0.4, 0.5) is 13.2 Å². The fourth-order valence-electron chi connectivity index (χ4n) is 1.61. The first-order chi connectivity index (χ1) is 9.24. The van der Waals surface area contributed by atoms with Crippen molar-refractivity contribution in [3.05, 3.63) is 33.8 Å². The van der Waals surface area contributed by atoms with E-state index in [2.05, 4.69) is 10.4 Å². The number of rotatable bonds is 2. The summed E-state index contributed by atoms with van der Waals surface area (Å²) in [6, 6.07) is 4.45. The standard InChI is InChI=1S/C11H8Cl2F3N3O/c12-7-1-6(2-8(13)3-7)10-17-4-9(20)19(18-10)5-11(14,15)16/h1-3H,4-5H2,(H,17,18). The van der Waals surface area contributed by atoms with Gasteiger partial charge in [0.15, 0.2) is 5.84 Å². The van der Waals surface area contributed by atoms with Crippen LogP contribution in [0.2, 0.25) is 10.0 Å². The summed E-state index contributed by atoms with van der Waals surface area (Å²) < 4.78 is 37.0. The smallest absolute Gasteiger partial charge is 0.359 e. The first-order valence-corrected chi connectivity index (χ1v) is 6.16. The van der Waals surface area contributed by atoms with Crippen LogP contribution < -0.4 is 5.32 Å². The zero-order valence-electron chi connectivity index (χ0n) is 9.84. The van der Waals surface area contributed by atoms with E-state index in [-0.39, 0.29) is 12.4 Å². The van der Waals surface area contributed by atoms with E-state index in [1.54, 1.807) is 0 Å². The maximum Gasteiger partial charge on any atom is 0.408 e. The van der Waals surface area contributed by atoms with Gasteiger partial charge in [-0.1, -0.05) is 23.2 Å². The third-order valence-corrected chi connectivity index (χ3v) is 2.82. The number of nitrogens with zero attached hydrogens (tertiary/aromatic N) is 2. The van der Waals surface area contributed by atoms with Crippen LogP contribution in [-0.2, 0) is 4.79 Å². The SMILES string of the molecule is O=C1CNC(c2cc(Cl)cc(Cl)c2)=NN1CC(F)(F)F. The summed E-state index contributed by atoms with van der Waals surface area (Å²) in [4.78, 5) is 11.4. The molecule has 108 valence electrons. The molecule has 0 saturated heterocycles. The molecule has 9 heteroatoms. The quantitative estimate of drug-likeness (QED) is 0.908. The van der Waals surface area contributed by atoms with Gasteiger partial charge in [0.05, 0.1) is 6.54 Å². The molecule has 2 rings (SSSR count). The summed E-state index contributed by atoms with van der Waals surface area (Å²) in [5, 5.41) is 7.29. The molecule has 1 aliphatic rings. The van der Waals surface area contributed by atoms with Gasteiger partial charge in [0, 0.05) is 15.6 Å². The number of benzene rings is 1. The summed E-state index contributed by atoms with van der Waals surface area (Å²) >= 11 is 11.6. The Bertz CT molecular complexity index is 554. The van der Waals surface area contributed by atoms with Crippen LogP contribution in [0, 0.1) is 0 Å². The Morgan fingerprint density at radius 1 is 1.25 bits per heavy atom. The molecule has 1 heterocycles. The van der Waals surface area contributed by atoms with Crippen molar-refractivity contribution in [2.45, 2.75) is 6.18 Å². The molecule has 1 aliphatic heterocycles. The van der Waals surface area contributed by atoms with Crippen molar-refractivity contribution < 1.29 is 18.0 Å². The monoisotopic (exact) mass is 325 g/mol. The Labute approximate surface area is 122 Å². The first kappa shape index (κ1) is 14.9. The molecule has 0 bridgehead atoms. The van der Waals surface area contributed by atoms with Crippen molar-refractivity contribution in [1.29, 1.82) is 0 Å². The van der Waals surface area contributed by atoms with Gasteiger partial charge in [-0.25, -0.2) is 5.01 Å². The number of hydrazone groups is 1. The summed E-state index contributed by atoms with van der Waals surface area (Å²) in [5.74, 6) is -0.655. The summed E-state index contributed by atoms with van der Waals surface area (Å²) in [7, 11) is 0. The molecule has 0 unspecified atom stereocenters. The second-order valence-electron chi connectivity index (χ2n) is 4.03. The van der Waals surface area contributed by atoms with E-state index in [9.17, 15) is 18.0 Å². The molecule has 0 aromatic heterocycles. The van der Waals surface area contributed by atoms with Gasteiger partial charge in [-0.3, -0.25) is 4.79 Å². The van der Waals surface area contributed by atoms with E-state index in [1.165, 1.54) is 18.2 Å². The van der Waals surface area contributed by atoms with Crippen LogP contribution in [0.5, 0.6) is 0 Å². The van der Waals surface area contributed by atoms with Crippen LogP contribution in [0.15, 0.2) is 23.3 Å². The molecule has 0 radical (unpaired) electrons. The van der Waals surface area contributed by atoms with Gasteiger partial charge in [0.2, 0.25) is 0 Å². The third kappa shape index (κ3) is 3.77. The van der Waals surface area contributed by atoms with Crippen molar-refractivity contribution in [3.8, 4) is 0 Å². The molecule has 1 aromatic carbocycles. The lowest BCUT2D eigenvalue weighted by atomic mass is 10.2. The highest BCUT2D eigenvalue weighted by atomic mass is 35.5. The minimum atomic E-state index is -4.52. The van der Waals surface area contributed by atoms with Crippen molar-refractivity contribution >= 4 is 34.9 Å². The van der Waals surface area contributed by atoms with Crippen LogP contribution in [0.1, 0.15) is 5.56 Å². The van der Waals surface area contributed by atoms with Crippen LogP contribution in [0.25, 0.3) is 0 Å². The molecule has 0 atom stereocenters. The second-order valence-corrected chi connectivity index (χ2v) is 4.90. The number of carbonyl (C=O) groups excluding carboxylic acids is 1. The van der Waals surface area contributed by atoms with Gasteiger partial charge in [0.1, 0.15) is 6.54 Å². The van der Waals surface area contributed by atoms with Gasteiger partial charge < -0.3 is 5.32 Å². The van der Waals surface area contributed by atoms with Gasteiger partial charge in [-0.2, -0.15) is 18.3 Å². The van der Waals surface area contributed by atoms with Crippen molar-refractivity contribution in [2.24, 2.45) is 5.10 Å². The fraction of sp³-hybridized carbons (Fsp3) is 0.273. The molecule has 1 N–H and O–H groups in total. The number of amides is 1. The number of carbonyl (C=O) groups is 1. The maximum atomic E-state index is 12.3. The van der Waals surface area contributed by atoms with Crippen molar-refractivity contribution in [1.82, 2.24) is 10.3 Å². The van der Waals surface area contributed by atoms with E-state index >= 15 is 0 Å². The van der Waals surface area contributed by atoms with E-state index in [4.69, 9.17) is 23.2 Å². The normalized spacial score (nSPS) is 15.9. The Morgan fingerprint density at radius 2 is 1.85 bits per heavy atom. The minimum absolute atomic E-state index is 0.109. The average Bonchev–Trinajstić information content (AvgIpc) is 2.29. The lowest BCUT2D eigenvalue weighted by Crippen LogP contribution is -2.47. The summed E-state index contributed by atoms with van der Waals surface area (Å²) in [6.45, 7) is -1.72. The van der Waals surface area contributed by atoms with Crippen LogP contribution >= 0.6 is 23.2 Å². The van der Waals surface area contributed by atoms with E-state index in [0.29, 0.717) is 20.6 Å². The minimum Gasteiger partial charge on any atom is -0.359 e. The largest absolute Gasteiger partial charge is 0.408 e. The Balaban J connectivity index is 2.31. The Kier molecular flexibility index (Phi) is 4.10. The highest BCUT2D eigenvalue weighted by molar-refractivity contribution is 6.35. The molecule has 4 nitrogen and oxygen atoms in total. The summed E-state index contributed by atoms with van der Waals surface area (Å²) in [5.41, 5.74) is 0.405. The van der Waals surface area contributed by atoms with Crippen LogP contribution in [-0.4, -0.2) is 36.0 Å². The number of halogens is 5. The van der Waals surface area contributed by atoms with Gasteiger partial charge >= 0.3 is 6.18 Å². The van der Waals surface area contributed by atoms with Crippen molar-refractivity contribution in [2.75, 3.05) is 13.1 Å². The van der Waals surface area contributed by atoms with Gasteiger partial charge in [0.25, 0.3) is 5.91 Å². The molecule has 20 heavy (non-hydrogen) atoms. The molecule has 0 saturated carbocycles. The van der Waals surface area contributed by atoms with E-state index < -0.39 is 18.6 Å². The molecular formula is C11H8Cl2F3N3O. The van der Waals surface area contributed by atoms with Gasteiger partial charge in [-0.05, 0) is 18.2 Å². The number of nitrogens with one attached hydrogen (secondary N) is 1. The third-order valence-electron chi connectivity index (χ3n) is 2.38. The second kappa shape index (κ2) is 5.49. The van der Waals surface area contributed by atoms with Crippen LogP contribution in [0.3, 0.4) is 0 Å². The average molecular weight is 326 g/mol. The Morgan fingerprint density at radius 3 is 2.40 bits per heavy atom. The lowest BCUT2D eigenvalue weighted by molar-refractivity contribution is -0.161.